The third-order valence-corrected chi connectivity index (χ3v) is 11.6. The third kappa shape index (κ3) is 6.43. The molecule has 4 aromatic rings. The topological polar surface area (TPSA) is 137 Å². The minimum atomic E-state index is -4.20. The number of aromatic nitrogens is 2. The van der Waals surface area contributed by atoms with Crippen LogP contribution in [0.25, 0.3) is 10.9 Å². The number of fused-ring (bicyclic) bond motifs is 1. The second kappa shape index (κ2) is 13.7. The summed E-state index contributed by atoms with van der Waals surface area (Å²) in [7, 11) is -4.20. The third-order valence-electron chi connectivity index (χ3n) is 8.73. The molecular formula is C34H32Cl2N6O5S. The normalized spacial score (nSPS) is 17.0. The number of amides is 2. The molecule has 4 heterocycles. The summed E-state index contributed by atoms with van der Waals surface area (Å²) in [4.78, 5) is 38.4. The van der Waals surface area contributed by atoms with Crippen molar-refractivity contribution in [2.75, 3.05) is 32.7 Å². The SMILES string of the molecule is Cc1cc(C)c2cccc(OCc3c(Cl)ccc(S(=O)(=O)N4CCCC4C(=O)N4CCN(C(=O)c5ccc(C#N)cn5)CC4)c3Cl)c2n1. The molecule has 2 aliphatic heterocycles. The summed E-state index contributed by atoms with van der Waals surface area (Å²) >= 11 is 13.3. The highest BCUT2D eigenvalue weighted by Crippen LogP contribution is 2.37. The van der Waals surface area contributed by atoms with E-state index in [4.69, 9.17) is 33.2 Å². The van der Waals surface area contributed by atoms with Crippen LogP contribution in [0.3, 0.4) is 0 Å². The predicted octanol–water partition coefficient (Wildman–Crippen LogP) is 5.14. The van der Waals surface area contributed by atoms with Gasteiger partial charge in [0.2, 0.25) is 15.9 Å². The molecule has 1 atom stereocenters. The number of halogens is 2. The maximum atomic E-state index is 14.1. The Hall–Kier alpha value is -4.28. The lowest BCUT2D eigenvalue weighted by atomic mass is 10.1. The number of sulfonamides is 1. The number of hydrogen-bond acceptors (Lipinski definition) is 8. The van der Waals surface area contributed by atoms with Crippen molar-refractivity contribution in [3.05, 3.63) is 92.9 Å². The molecule has 11 nitrogen and oxygen atoms in total. The van der Waals surface area contributed by atoms with Crippen molar-refractivity contribution in [1.29, 1.82) is 5.26 Å². The number of piperazine rings is 1. The van der Waals surface area contributed by atoms with Crippen LogP contribution in [0.15, 0.2) is 59.6 Å². The number of benzene rings is 2. The van der Waals surface area contributed by atoms with Crippen LogP contribution in [0.2, 0.25) is 10.0 Å². The molecule has 0 bridgehead atoms. The lowest BCUT2D eigenvalue weighted by Crippen LogP contribution is -2.55. The molecule has 48 heavy (non-hydrogen) atoms. The van der Waals surface area contributed by atoms with E-state index in [9.17, 15) is 18.0 Å². The van der Waals surface area contributed by atoms with Gasteiger partial charge in [0.05, 0.1) is 10.6 Å². The van der Waals surface area contributed by atoms with Crippen molar-refractivity contribution < 1.29 is 22.7 Å². The van der Waals surface area contributed by atoms with Gasteiger partial charge in [-0.25, -0.2) is 18.4 Å². The molecular weight excluding hydrogens is 675 g/mol. The van der Waals surface area contributed by atoms with E-state index in [0.29, 0.717) is 35.2 Å². The van der Waals surface area contributed by atoms with Crippen molar-refractivity contribution in [2.24, 2.45) is 0 Å². The van der Waals surface area contributed by atoms with Crippen LogP contribution in [-0.4, -0.2) is 83.1 Å². The van der Waals surface area contributed by atoms with Crippen LogP contribution >= 0.6 is 23.2 Å². The summed E-state index contributed by atoms with van der Waals surface area (Å²) in [5.41, 5.74) is 3.45. The number of para-hydroxylation sites is 1. The van der Waals surface area contributed by atoms with E-state index in [1.165, 1.54) is 34.8 Å². The van der Waals surface area contributed by atoms with Crippen LogP contribution in [0.1, 0.15) is 45.7 Å². The number of carbonyl (C=O) groups excluding carboxylic acids is 2. The molecule has 0 radical (unpaired) electrons. The summed E-state index contributed by atoms with van der Waals surface area (Å²) in [6, 6.07) is 14.5. The van der Waals surface area contributed by atoms with Crippen molar-refractivity contribution in [3.8, 4) is 11.8 Å². The van der Waals surface area contributed by atoms with Crippen LogP contribution in [0, 0.1) is 25.2 Å². The van der Waals surface area contributed by atoms with E-state index in [1.807, 2.05) is 38.1 Å². The Kier molecular flexibility index (Phi) is 9.58. The molecule has 2 aromatic carbocycles. The molecule has 2 fully saturated rings. The Morgan fingerprint density at radius 3 is 2.48 bits per heavy atom. The van der Waals surface area contributed by atoms with Gasteiger partial charge in [-0.2, -0.15) is 9.57 Å². The van der Waals surface area contributed by atoms with E-state index in [1.54, 1.807) is 15.9 Å². The number of nitriles is 1. The quantitative estimate of drug-likeness (QED) is 0.258. The second-order valence-corrected chi connectivity index (χ2v) is 14.4. The molecule has 2 aliphatic rings. The molecule has 0 aliphatic carbocycles. The minimum Gasteiger partial charge on any atom is -0.487 e. The molecule has 0 N–H and O–H groups in total. The Bertz CT molecular complexity index is 2060. The fourth-order valence-electron chi connectivity index (χ4n) is 6.22. The lowest BCUT2D eigenvalue weighted by molar-refractivity contribution is -0.136. The second-order valence-electron chi connectivity index (χ2n) is 11.8. The van der Waals surface area contributed by atoms with Crippen molar-refractivity contribution >= 4 is 55.9 Å². The monoisotopic (exact) mass is 706 g/mol. The largest absolute Gasteiger partial charge is 0.487 e. The van der Waals surface area contributed by atoms with Gasteiger partial charge in [-0.1, -0.05) is 35.3 Å². The maximum Gasteiger partial charge on any atom is 0.272 e. The van der Waals surface area contributed by atoms with E-state index in [-0.39, 0.29) is 71.8 Å². The molecule has 0 spiro atoms. The number of pyridine rings is 2. The van der Waals surface area contributed by atoms with Crippen LogP contribution in [0.5, 0.6) is 5.75 Å². The fraction of sp³-hybridized carbons (Fsp3) is 0.324. The van der Waals surface area contributed by atoms with Crippen LogP contribution in [-0.2, 0) is 21.4 Å². The molecule has 2 aromatic heterocycles. The maximum absolute atomic E-state index is 14.1. The number of hydrogen-bond donors (Lipinski definition) is 0. The van der Waals surface area contributed by atoms with Gasteiger partial charge in [0.1, 0.15) is 40.6 Å². The Morgan fingerprint density at radius 1 is 1.02 bits per heavy atom. The summed E-state index contributed by atoms with van der Waals surface area (Å²) in [6.07, 6.45) is 2.21. The average Bonchev–Trinajstić information content (AvgIpc) is 3.59. The van der Waals surface area contributed by atoms with Gasteiger partial charge < -0.3 is 14.5 Å². The summed E-state index contributed by atoms with van der Waals surface area (Å²) < 4.78 is 35.5. The van der Waals surface area contributed by atoms with E-state index in [2.05, 4.69) is 9.97 Å². The fourth-order valence-corrected chi connectivity index (χ4v) is 8.73. The first kappa shape index (κ1) is 33.6. The van der Waals surface area contributed by atoms with Gasteiger partial charge in [-0.15, -0.1) is 0 Å². The molecule has 2 saturated heterocycles. The first-order valence-corrected chi connectivity index (χ1v) is 17.6. The Labute approximate surface area is 288 Å². The molecule has 1 unspecified atom stereocenters. The van der Waals surface area contributed by atoms with E-state index >= 15 is 0 Å². The van der Waals surface area contributed by atoms with E-state index < -0.39 is 16.1 Å². The smallest absolute Gasteiger partial charge is 0.272 e. The summed E-state index contributed by atoms with van der Waals surface area (Å²) in [5, 5.41) is 10.1. The van der Waals surface area contributed by atoms with Gasteiger partial charge in [0.15, 0.2) is 0 Å². The highest BCUT2D eigenvalue weighted by molar-refractivity contribution is 7.89. The van der Waals surface area contributed by atoms with E-state index in [0.717, 1.165) is 16.6 Å². The zero-order valence-corrected chi connectivity index (χ0v) is 28.6. The first-order chi connectivity index (χ1) is 23.0. The number of rotatable bonds is 7. The Morgan fingerprint density at radius 2 is 1.77 bits per heavy atom. The molecule has 2 amide bonds. The molecule has 248 valence electrons. The highest BCUT2D eigenvalue weighted by Gasteiger charge is 2.43. The minimum absolute atomic E-state index is 0.0651. The number of carbonyl (C=O) groups is 2. The van der Waals surface area contributed by atoms with Gasteiger partial charge in [-0.3, -0.25) is 9.59 Å². The van der Waals surface area contributed by atoms with Gasteiger partial charge >= 0.3 is 0 Å². The zero-order chi connectivity index (χ0) is 34.2. The van der Waals surface area contributed by atoms with Gasteiger partial charge in [0.25, 0.3) is 5.91 Å². The molecule has 0 saturated carbocycles. The zero-order valence-electron chi connectivity index (χ0n) is 26.3. The molecule has 6 rings (SSSR count). The van der Waals surface area contributed by atoms with Crippen molar-refractivity contribution in [1.82, 2.24) is 24.1 Å². The summed E-state index contributed by atoms with van der Waals surface area (Å²) in [6.45, 7) is 4.99. The molecule has 14 heteroatoms. The van der Waals surface area contributed by atoms with Gasteiger partial charge in [-0.05, 0) is 68.7 Å². The number of nitrogens with zero attached hydrogens (tertiary/aromatic N) is 6. The summed E-state index contributed by atoms with van der Waals surface area (Å²) in [5.74, 6) is -0.0991. The van der Waals surface area contributed by atoms with Gasteiger partial charge in [0, 0.05) is 60.6 Å². The predicted molar refractivity (Wildman–Crippen MR) is 180 cm³/mol. The first-order valence-electron chi connectivity index (χ1n) is 15.4. The van der Waals surface area contributed by atoms with Crippen LogP contribution < -0.4 is 4.74 Å². The Balaban J connectivity index is 1.17. The van der Waals surface area contributed by atoms with Crippen molar-refractivity contribution in [3.63, 3.8) is 0 Å². The van der Waals surface area contributed by atoms with Crippen molar-refractivity contribution in [2.45, 2.75) is 44.2 Å². The van der Waals surface area contributed by atoms with Crippen LogP contribution in [0.4, 0.5) is 0 Å². The average molecular weight is 708 g/mol. The number of aryl methyl sites for hydroxylation is 2. The standard InChI is InChI=1S/C34H32Cl2N6O5S/c1-21-17-22(2)39-32-24(21)5-3-7-29(32)47-20-25-26(35)9-11-30(31(25)36)48(45,46)42-12-4-6-28(42)34(44)41-15-13-40(14-16-41)33(43)27-10-8-23(18-37)19-38-27/h3,5,7-11,17,19,28H,4,6,12-16,20H2,1-2H3. The lowest BCUT2D eigenvalue weighted by Gasteiger charge is -2.37. The highest BCUT2D eigenvalue weighted by atomic mass is 35.5. The number of ether oxygens (including phenoxy) is 1.